The van der Waals surface area contributed by atoms with Crippen molar-refractivity contribution in [3.63, 3.8) is 0 Å². The first-order valence-corrected chi connectivity index (χ1v) is 9.06. The Morgan fingerprint density at radius 1 is 0.893 bits per heavy atom. The molecular weight excluding hydrogens is 352 g/mol. The lowest BCUT2D eigenvalue weighted by Crippen LogP contribution is -2.09. The number of hydrogen-bond acceptors (Lipinski definition) is 4. The van der Waals surface area contributed by atoms with E-state index in [1.807, 2.05) is 60.7 Å². The molecule has 0 aliphatic rings. The van der Waals surface area contributed by atoms with E-state index >= 15 is 0 Å². The summed E-state index contributed by atoms with van der Waals surface area (Å²) in [4.78, 5) is 24.9. The fraction of sp³-hybridized carbons (Fsp3) is 0.0833. The van der Waals surface area contributed by atoms with Gasteiger partial charge in [-0.1, -0.05) is 60.7 Å². The van der Waals surface area contributed by atoms with E-state index in [4.69, 9.17) is 9.15 Å². The van der Waals surface area contributed by atoms with Gasteiger partial charge in [-0.25, -0.2) is 0 Å². The third-order valence-corrected chi connectivity index (χ3v) is 4.52. The summed E-state index contributed by atoms with van der Waals surface area (Å²) in [6, 6.07) is 24.0. The number of fused-ring (bicyclic) bond motifs is 1. The Hall–Kier alpha value is -3.66. The zero-order valence-corrected chi connectivity index (χ0v) is 15.1. The molecule has 0 unspecified atom stereocenters. The normalized spacial score (nSPS) is 10.7. The highest BCUT2D eigenvalue weighted by Gasteiger charge is 2.11. The minimum Gasteiger partial charge on any atom is -0.463 e. The molecule has 0 radical (unpaired) electrons. The van der Waals surface area contributed by atoms with Crippen LogP contribution >= 0.6 is 0 Å². The van der Waals surface area contributed by atoms with Crippen LogP contribution < -0.4 is 10.2 Å². The van der Waals surface area contributed by atoms with Crippen LogP contribution in [-0.4, -0.2) is 5.97 Å². The van der Waals surface area contributed by atoms with Crippen LogP contribution in [0.15, 0.2) is 94.3 Å². The molecule has 28 heavy (non-hydrogen) atoms. The quantitative estimate of drug-likeness (QED) is 0.366. The second-order valence-electron chi connectivity index (χ2n) is 6.46. The molecule has 0 fully saturated rings. The van der Waals surface area contributed by atoms with Crippen molar-refractivity contribution in [1.82, 2.24) is 0 Å². The van der Waals surface area contributed by atoms with Crippen molar-refractivity contribution >= 4 is 16.9 Å². The van der Waals surface area contributed by atoms with E-state index in [9.17, 15) is 9.59 Å². The van der Waals surface area contributed by atoms with Crippen molar-refractivity contribution in [1.29, 1.82) is 0 Å². The molecule has 0 N–H and O–H groups in total. The van der Waals surface area contributed by atoms with Crippen LogP contribution in [0.3, 0.4) is 0 Å². The Kier molecular flexibility index (Phi) is 5.02. The highest BCUT2D eigenvalue weighted by molar-refractivity contribution is 5.83. The molecule has 4 rings (SSSR count). The minimum absolute atomic E-state index is 0.116. The van der Waals surface area contributed by atoms with E-state index in [-0.39, 0.29) is 17.8 Å². The molecule has 1 heterocycles. The average molecular weight is 370 g/mol. The van der Waals surface area contributed by atoms with Gasteiger partial charge in [-0.05, 0) is 29.7 Å². The molecule has 3 aromatic carbocycles. The highest BCUT2D eigenvalue weighted by atomic mass is 16.5. The largest absolute Gasteiger partial charge is 0.463 e. The molecule has 0 atom stereocenters. The maximum atomic E-state index is 12.8. The lowest BCUT2D eigenvalue weighted by molar-refractivity contribution is -0.134. The molecule has 138 valence electrons. The Bertz CT molecular complexity index is 1160. The standard InChI is InChI=1S/C24H18O4/c25-23(14-11-17-7-3-1-4-8-17)28-19-12-13-20-22(15-19)27-16-21(24(20)26)18-9-5-2-6-10-18/h1-10,12-13,15-16H,11,14H2. The number of rotatable bonds is 5. The molecule has 4 heteroatoms. The maximum Gasteiger partial charge on any atom is 0.311 e. The number of aryl methyl sites for hydroxylation is 1. The summed E-state index contributed by atoms with van der Waals surface area (Å²) in [5.41, 5.74) is 2.65. The number of benzene rings is 3. The molecule has 0 aliphatic heterocycles. The van der Waals surface area contributed by atoms with Crippen LogP contribution in [0, 0.1) is 0 Å². The zero-order valence-electron chi connectivity index (χ0n) is 15.1. The van der Waals surface area contributed by atoms with E-state index in [1.165, 1.54) is 6.26 Å². The van der Waals surface area contributed by atoms with Gasteiger partial charge in [-0.3, -0.25) is 9.59 Å². The fourth-order valence-corrected chi connectivity index (χ4v) is 3.06. The highest BCUT2D eigenvalue weighted by Crippen LogP contribution is 2.23. The molecule has 4 aromatic rings. The van der Waals surface area contributed by atoms with Gasteiger partial charge >= 0.3 is 5.97 Å². The second kappa shape index (κ2) is 7.92. The molecule has 0 amide bonds. The Morgan fingerprint density at radius 3 is 2.36 bits per heavy atom. The van der Waals surface area contributed by atoms with Gasteiger partial charge in [0.05, 0.1) is 10.9 Å². The van der Waals surface area contributed by atoms with Gasteiger partial charge in [0, 0.05) is 12.5 Å². The molecule has 0 saturated heterocycles. The van der Waals surface area contributed by atoms with Crippen LogP contribution in [-0.2, 0) is 11.2 Å². The molecule has 4 nitrogen and oxygen atoms in total. The van der Waals surface area contributed by atoms with Gasteiger partial charge in [0.2, 0.25) is 0 Å². The molecular formula is C24H18O4. The lowest BCUT2D eigenvalue weighted by atomic mass is 10.1. The summed E-state index contributed by atoms with van der Waals surface area (Å²) in [7, 11) is 0. The van der Waals surface area contributed by atoms with E-state index in [2.05, 4.69) is 0 Å². The van der Waals surface area contributed by atoms with E-state index in [0.29, 0.717) is 28.7 Å². The van der Waals surface area contributed by atoms with E-state index in [1.54, 1.807) is 18.2 Å². The van der Waals surface area contributed by atoms with Gasteiger partial charge in [0.15, 0.2) is 5.43 Å². The van der Waals surface area contributed by atoms with Crippen molar-refractivity contribution < 1.29 is 13.9 Å². The Balaban J connectivity index is 1.52. The monoisotopic (exact) mass is 370 g/mol. The molecule has 0 spiro atoms. The molecule has 1 aromatic heterocycles. The smallest absolute Gasteiger partial charge is 0.311 e. The van der Waals surface area contributed by atoms with Gasteiger partial charge < -0.3 is 9.15 Å². The molecule has 0 saturated carbocycles. The summed E-state index contributed by atoms with van der Waals surface area (Å²) in [6.07, 6.45) is 2.34. The second-order valence-corrected chi connectivity index (χ2v) is 6.46. The summed E-state index contributed by atoms with van der Waals surface area (Å²) < 4.78 is 11.0. The third kappa shape index (κ3) is 3.86. The Labute approximate surface area is 162 Å². The fourth-order valence-electron chi connectivity index (χ4n) is 3.06. The van der Waals surface area contributed by atoms with Crippen LogP contribution in [0.4, 0.5) is 0 Å². The zero-order chi connectivity index (χ0) is 19.3. The molecule has 0 aliphatic carbocycles. The summed E-state index contributed by atoms with van der Waals surface area (Å²) >= 11 is 0. The number of carbonyl (C=O) groups excluding carboxylic acids is 1. The number of hydrogen-bond donors (Lipinski definition) is 0. The average Bonchev–Trinajstić information content (AvgIpc) is 2.74. The predicted molar refractivity (Wildman–Crippen MR) is 108 cm³/mol. The SMILES string of the molecule is O=C(CCc1ccccc1)Oc1ccc2c(=O)c(-c3ccccc3)coc2c1. The summed E-state index contributed by atoms with van der Waals surface area (Å²) in [5.74, 6) is 0.0348. The van der Waals surface area contributed by atoms with Crippen LogP contribution in [0.2, 0.25) is 0 Å². The predicted octanol–water partition coefficient (Wildman–Crippen LogP) is 5.00. The minimum atomic E-state index is -0.327. The van der Waals surface area contributed by atoms with Crippen LogP contribution in [0.25, 0.3) is 22.1 Å². The first-order valence-electron chi connectivity index (χ1n) is 9.06. The number of ether oxygens (including phenoxy) is 1. The van der Waals surface area contributed by atoms with Crippen molar-refractivity contribution in [2.75, 3.05) is 0 Å². The lowest BCUT2D eigenvalue weighted by Gasteiger charge is -2.06. The third-order valence-electron chi connectivity index (χ3n) is 4.52. The Morgan fingerprint density at radius 2 is 1.61 bits per heavy atom. The van der Waals surface area contributed by atoms with E-state index in [0.717, 1.165) is 11.1 Å². The van der Waals surface area contributed by atoms with Crippen LogP contribution in [0.5, 0.6) is 5.75 Å². The first-order chi connectivity index (χ1) is 13.7. The van der Waals surface area contributed by atoms with Gasteiger partial charge in [0.25, 0.3) is 0 Å². The summed E-state index contributed by atoms with van der Waals surface area (Å²) in [6.45, 7) is 0. The summed E-state index contributed by atoms with van der Waals surface area (Å²) in [5, 5.41) is 0.449. The number of carbonyl (C=O) groups is 1. The van der Waals surface area contributed by atoms with Gasteiger partial charge in [-0.15, -0.1) is 0 Å². The van der Waals surface area contributed by atoms with Crippen molar-refractivity contribution in [2.24, 2.45) is 0 Å². The van der Waals surface area contributed by atoms with Crippen molar-refractivity contribution in [3.05, 3.63) is 101 Å². The number of esters is 1. The van der Waals surface area contributed by atoms with Gasteiger partial charge in [-0.2, -0.15) is 0 Å². The van der Waals surface area contributed by atoms with Crippen molar-refractivity contribution in [3.8, 4) is 16.9 Å². The maximum absolute atomic E-state index is 12.8. The topological polar surface area (TPSA) is 56.5 Å². The van der Waals surface area contributed by atoms with Crippen LogP contribution in [0.1, 0.15) is 12.0 Å². The van der Waals surface area contributed by atoms with Crippen molar-refractivity contribution in [2.45, 2.75) is 12.8 Å². The molecule has 0 bridgehead atoms. The van der Waals surface area contributed by atoms with Gasteiger partial charge in [0.1, 0.15) is 17.6 Å². The first kappa shape index (κ1) is 17.7. The van der Waals surface area contributed by atoms with E-state index < -0.39 is 0 Å².